The van der Waals surface area contributed by atoms with Crippen LogP contribution in [0.1, 0.15) is 108 Å². The average molecular weight is 617 g/mol. The monoisotopic (exact) mass is 616 g/mol. The molecule has 1 atom stereocenters. The van der Waals surface area contributed by atoms with Crippen LogP contribution in [0.2, 0.25) is 0 Å². The van der Waals surface area contributed by atoms with E-state index < -0.39 is 17.7 Å². The third-order valence-electron chi connectivity index (χ3n) is 9.43. The lowest BCUT2D eigenvalue weighted by Crippen LogP contribution is -2.39. The molecule has 2 aliphatic rings. The summed E-state index contributed by atoms with van der Waals surface area (Å²) in [4.78, 5) is 20.0. The van der Waals surface area contributed by atoms with Gasteiger partial charge in [0, 0.05) is 35.6 Å². The molecular weight excluding hydrogens is 567 g/mol. The van der Waals surface area contributed by atoms with Crippen LogP contribution >= 0.6 is 0 Å². The van der Waals surface area contributed by atoms with E-state index in [0.717, 1.165) is 79.9 Å². The molecule has 1 aromatic heterocycles. The molecule has 2 aromatic carbocycles. The van der Waals surface area contributed by atoms with Gasteiger partial charge in [0.1, 0.15) is 11.6 Å². The van der Waals surface area contributed by atoms with Crippen molar-refractivity contribution in [3.05, 3.63) is 76.9 Å². The first kappa shape index (κ1) is 32.9. The Kier molecular flexibility index (Phi) is 9.60. The number of hydrogen-bond donors (Lipinski definition) is 1. The summed E-state index contributed by atoms with van der Waals surface area (Å²) in [5.74, 6) is 0.0532. The first-order valence-corrected chi connectivity index (χ1v) is 16.4. The Hall–Kier alpha value is -3.45. The average Bonchev–Trinajstić information content (AvgIpc) is 2.97. The third kappa shape index (κ3) is 7.86. The number of aromatic nitrogens is 1. The van der Waals surface area contributed by atoms with Crippen LogP contribution in [0.25, 0.3) is 11.1 Å². The zero-order valence-electron chi connectivity index (χ0n) is 28.0. The molecule has 45 heavy (non-hydrogen) atoms. The maximum absolute atomic E-state index is 13.4. The minimum Gasteiger partial charge on any atom is -0.490 e. The Morgan fingerprint density at radius 1 is 0.956 bits per heavy atom. The Labute approximate surface area is 268 Å². The molecule has 0 amide bonds. The molecule has 7 heteroatoms. The number of piperidine rings is 1. The summed E-state index contributed by atoms with van der Waals surface area (Å²) in [6, 6.07) is 15.1. The first-order valence-electron chi connectivity index (χ1n) is 16.4. The minimum atomic E-state index is -1.14. The van der Waals surface area contributed by atoms with Gasteiger partial charge in [-0.3, -0.25) is 4.98 Å². The van der Waals surface area contributed by atoms with Crippen molar-refractivity contribution in [2.24, 2.45) is 5.41 Å². The molecular formula is C38H49FN2O4. The molecule has 242 valence electrons. The van der Waals surface area contributed by atoms with Crippen molar-refractivity contribution in [3.8, 4) is 16.9 Å². The number of pyridine rings is 1. The molecule has 2 heterocycles. The quantitative estimate of drug-likeness (QED) is 0.272. The third-order valence-corrected chi connectivity index (χ3v) is 9.43. The van der Waals surface area contributed by atoms with Crippen LogP contribution in [-0.4, -0.2) is 40.9 Å². The van der Waals surface area contributed by atoms with Crippen molar-refractivity contribution in [2.75, 3.05) is 18.0 Å². The maximum Gasteiger partial charge on any atom is 0.337 e. The SMILES string of the molecule is Cc1nc(C)c(C(OC(C)(C)C)C(=O)O)c(N2CCC(C)(C)CC2)c1-c1ccc(OC2CCC(c3ccc(F)cc3)CC2)cc1. The summed E-state index contributed by atoms with van der Waals surface area (Å²) in [6.07, 6.45) is 4.96. The molecule has 6 nitrogen and oxygen atoms in total. The van der Waals surface area contributed by atoms with Gasteiger partial charge < -0.3 is 19.5 Å². The lowest BCUT2D eigenvalue weighted by atomic mass is 9.81. The highest BCUT2D eigenvalue weighted by Gasteiger charge is 2.36. The van der Waals surface area contributed by atoms with Crippen LogP contribution < -0.4 is 9.64 Å². The molecule has 1 saturated heterocycles. The smallest absolute Gasteiger partial charge is 0.337 e. The van der Waals surface area contributed by atoms with Gasteiger partial charge in [0.2, 0.25) is 0 Å². The van der Waals surface area contributed by atoms with Gasteiger partial charge in [-0.2, -0.15) is 0 Å². The normalized spacial score (nSPS) is 20.9. The van der Waals surface area contributed by atoms with Crippen LogP contribution in [0.5, 0.6) is 5.75 Å². The van der Waals surface area contributed by atoms with Gasteiger partial charge in [-0.25, -0.2) is 9.18 Å². The molecule has 0 radical (unpaired) electrons. The van der Waals surface area contributed by atoms with E-state index in [-0.39, 0.29) is 17.3 Å². The number of carboxylic acid groups (broad SMARTS) is 1. The number of ether oxygens (including phenoxy) is 2. The van der Waals surface area contributed by atoms with Crippen LogP contribution in [0.15, 0.2) is 48.5 Å². The van der Waals surface area contributed by atoms with Gasteiger partial charge in [0.15, 0.2) is 6.10 Å². The molecule has 1 aliphatic heterocycles. The number of carbonyl (C=O) groups is 1. The van der Waals surface area contributed by atoms with Gasteiger partial charge in [0.25, 0.3) is 0 Å². The van der Waals surface area contributed by atoms with E-state index in [1.54, 1.807) is 12.1 Å². The van der Waals surface area contributed by atoms with Gasteiger partial charge in [-0.15, -0.1) is 0 Å². The summed E-state index contributed by atoms with van der Waals surface area (Å²) < 4.78 is 26.0. The predicted octanol–water partition coefficient (Wildman–Crippen LogP) is 9.18. The number of halogens is 1. The Morgan fingerprint density at radius 3 is 2.11 bits per heavy atom. The number of benzene rings is 2. The van der Waals surface area contributed by atoms with Gasteiger partial charge in [0.05, 0.1) is 17.4 Å². The molecule has 3 aromatic rings. The highest BCUT2D eigenvalue weighted by Crippen LogP contribution is 2.45. The van der Waals surface area contributed by atoms with Crippen LogP contribution in [0, 0.1) is 25.1 Å². The lowest BCUT2D eigenvalue weighted by molar-refractivity contribution is -0.160. The number of aryl methyl sites for hydroxylation is 2. The van der Waals surface area contributed by atoms with E-state index >= 15 is 0 Å². The molecule has 1 unspecified atom stereocenters. The molecule has 5 rings (SSSR count). The minimum absolute atomic E-state index is 0.139. The fourth-order valence-electron chi connectivity index (χ4n) is 6.90. The van der Waals surface area contributed by atoms with Crippen LogP contribution in [0.4, 0.5) is 10.1 Å². The fraction of sp³-hybridized carbons (Fsp3) is 0.526. The Bertz CT molecular complexity index is 1480. The number of nitrogens with zero attached hydrogens (tertiary/aromatic N) is 2. The molecule has 1 aliphatic carbocycles. The molecule has 0 bridgehead atoms. The summed E-state index contributed by atoms with van der Waals surface area (Å²) in [5.41, 5.74) is 5.81. The standard InChI is InChI=1S/C38H49FN2O4/c1-24-32(28-12-18-31(19-13-28)44-30-16-10-27(11-17-30)26-8-14-29(39)15-9-26)34(41-22-20-38(6,7)21-23-41)33(25(2)40-24)35(36(42)43)45-37(3,4)5/h8-9,12-15,18-19,27,30,35H,10-11,16-17,20-23H2,1-7H3,(H,42,43). The van der Waals surface area contributed by atoms with Crippen molar-refractivity contribution >= 4 is 11.7 Å². The van der Waals surface area contributed by atoms with E-state index in [0.29, 0.717) is 17.2 Å². The first-order chi connectivity index (χ1) is 21.2. The van der Waals surface area contributed by atoms with E-state index in [4.69, 9.17) is 14.5 Å². The lowest BCUT2D eigenvalue weighted by Gasteiger charge is -2.41. The van der Waals surface area contributed by atoms with E-state index in [1.165, 1.54) is 5.56 Å². The van der Waals surface area contributed by atoms with Crippen molar-refractivity contribution in [1.29, 1.82) is 0 Å². The number of carboxylic acids is 1. The van der Waals surface area contributed by atoms with Crippen molar-refractivity contribution in [3.63, 3.8) is 0 Å². The topological polar surface area (TPSA) is 71.9 Å². The Morgan fingerprint density at radius 2 is 1.56 bits per heavy atom. The van der Waals surface area contributed by atoms with Crippen LogP contribution in [-0.2, 0) is 9.53 Å². The zero-order chi connectivity index (χ0) is 32.5. The fourth-order valence-corrected chi connectivity index (χ4v) is 6.90. The molecule has 1 N–H and O–H groups in total. The second kappa shape index (κ2) is 13.1. The summed E-state index contributed by atoms with van der Waals surface area (Å²) in [5, 5.41) is 10.4. The van der Waals surface area contributed by atoms with Gasteiger partial charge in [-0.05, 0) is 120 Å². The number of aliphatic carboxylic acids is 1. The van der Waals surface area contributed by atoms with Gasteiger partial charge in [-0.1, -0.05) is 38.1 Å². The largest absolute Gasteiger partial charge is 0.490 e. The zero-order valence-corrected chi connectivity index (χ0v) is 28.0. The second-order valence-corrected chi connectivity index (χ2v) is 14.7. The summed E-state index contributed by atoms with van der Waals surface area (Å²) in [6.45, 7) is 15.8. The van der Waals surface area contributed by atoms with Gasteiger partial charge >= 0.3 is 5.97 Å². The molecule has 0 spiro atoms. The van der Waals surface area contributed by atoms with Crippen LogP contribution in [0.3, 0.4) is 0 Å². The summed E-state index contributed by atoms with van der Waals surface area (Å²) in [7, 11) is 0. The van der Waals surface area contributed by atoms with Crippen molar-refractivity contribution in [2.45, 2.75) is 111 Å². The Balaban J connectivity index is 1.43. The number of rotatable bonds is 8. The highest BCUT2D eigenvalue weighted by molar-refractivity contribution is 5.88. The maximum atomic E-state index is 13.4. The van der Waals surface area contributed by atoms with E-state index in [9.17, 15) is 14.3 Å². The molecule has 1 saturated carbocycles. The number of hydrogen-bond acceptors (Lipinski definition) is 5. The van der Waals surface area contributed by atoms with E-state index in [2.05, 4.69) is 30.9 Å². The predicted molar refractivity (Wildman–Crippen MR) is 178 cm³/mol. The molecule has 2 fully saturated rings. The highest BCUT2D eigenvalue weighted by atomic mass is 19.1. The summed E-state index contributed by atoms with van der Waals surface area (Å²) >= 11 is 0. The van der Waals surface area contributed by atoms with Crippen molar-refractivity contribution < 1.29 is 23.8 Å². The number of anilines is 1. The van der Waals surface area contributed by atoms with Crippen molar-refractivity contribution in [1.82, 2.24) is 4.98 Å². The van der Waals surface area contributed by atoms with E-state index in [1.807, 2.05) is 58.9 Å². The second-order valence-electron chi connectivity index (χ2n) is 14.7.